The molecule has 0 fully saturated rings. The molecule has 1 unspecified atom stereocenters. The van der Waals surface area contributed by atoms with Crippen LogP contribution in [0.4, 0.5) is 4.79 Å². The highest BCUT2D eigenvalue weighted by atomic mass is 16.5. The number of amides is 2. The molecule has 3 rings (SSSR count). The molecule has 0 aliphatic carbocycles. The lowest BCUT2D eigenvalue weighted by Gasteiger charge is -2.35. The van der Waals surface area contributed by atoms with E-state index in [4.69, 9.17) is 9.47 Å². The van der Waals surface area contributed by atoms with E-state index in [-0.39, 0.29) is 24.1 Å². The van der Waals surface area contributed by atoms with Crippen LogP contribution in [0.15, 0.2) is 59.8 Å². The number of rotatable bonds is 7. The van der Waals surface area contributed by atoms with Crippen molar-refractivity contribution < 1.29 is 24.2 Å². The van der Waals surface area contributed by atoms with Crippen LogP contribution >= 0.6 is 0 Å². The van der Waals surface area contributed by atoms with Gasteiger partial charge < -0.3 is 19.9 Å². The number of ether oxygens (including phenoxy) is 2. The molecule has 0 radical (unpaired) electrons. The Kier molecular flexibility index (Phi) is 6.61. The largest absolute Gasteiger partial charge is 0.504 e. The van der Waals surface area contributed by atoms with Crippen LogP contribution in [0, 0.1) is 0 Å². The molecule has 158 valence electrons. The second-order valence-corrected chi connectivity index (χ2v) is 6.83. The van der Waals surface area contributed by atoms with Gasteiger partial charge in [-0.1, -0.05) is 36.4 Å². The first-order valence-corrected chi connectivity index (χ1v) is 9.91. The summed E-state index contributed by atoms with van der Waals surface area (Å²) in [4.78, 5) is 27.3. The van der Waals surface area contributed by atoms with Crippen LogP contribution < -0.4 is 10.1 Å². The highest BCUT2D eigenvalue weighted by Crippen LogP contribution is 2.36. The topological polar surface area (TPSA) is 88.1 Å². The van der Waals surface area contributed by atoms with E-state index in [2.05, 4.69) is 5.32 Å². The van der Waals surface area contributed by atoms with Gasteiger partial charge in [0.05, 0.1) is 31.4 Å². The van der Waals surface area contributed by atoms with E-state index in [0.29, 0.717) is 30.0 Å². The Morgan fingerprint density at radius 3 is 2.53 bits per heavy atom. The standard InChI is InChI=1S/C23H26N2O5/c1-4-29-19-13-17(11-12-18(19)26)21-20(22(27)30-5-2)15(3)25(23(28)24-21)14-16-9-7-6-8-10-16/h6-13,21,26H,4-5,14H2,1-3H3,(H,24,28). The summed E-state index contributed by atoms with van der Waals surface area (Å²) in [5.41, 5.74) is 2.43. The van der Waals surface area contributed by atoms with E-state index in [1.165, 1.54) is 11.0 Å². The van der Waals surface area contributed by atoms with Crippen LogP contribution in [0.25, 0.3) is 0 Å². The molecule has 1 aliphatic rings. The Morgan fingerprint density at radius 2 is 1.87 bits per heavy atom. The molecule has 30 heavy (non-hydrogen) atoms. The normalized spacial score (nSPS) is 16.3. The first kappa shape index (κ1) is 21.2. The summed E-state index contributed by atoms with van der Waals surface area (Å²) < 4.78 is 10.7. The Morgan fingerprint density at radius 1 is 1.13 bits per heavy atom. The van der Waals surface area contributed by atoms with Crippen molar-refractivity contribution in [2.75, 3.05) is 13.2 Å². The SMILES string of the molecule is CCOC(=O)C1=C(C)N(Cc2ccccc2)C(=O)NC1c1ccc(O)c(OCC)c1. The zero-order valence-electron chi connectivity index (χ0n) is 17.3. The van der Waals surface area contributed by atoms with E-state index >= 15 is 0 Å². The summed E-state index contributed by atoms with van der Waals surface area (Å²) in [5, 5.41) is 12.9. The molecular weight excluding hydrogens is 384 g/mol. The van der Waals surface area contributed by atoms with Crippen LogP contribution in [-0.4, -0.2) is 35.2 Å². The zero-order chi connectivity index (χ0) is 21.7. The summed E-state index contributed by atoms with van der Waals surface area (Å²) in [5.74, 6) is -0.215. The van der Waals surface area contributed by atoms with Crippen molar-refractivity contribution in [1.82, 2.24) is 10.2 Å². The number of benzene rings is 2. The molecule has 2 aromatic rings. The molecule has 0 spiro atoms. The second-order valence-electron chi connectivity index (χ2n) is 6.83. The molecule has 2 aromatic carbocycles. The molecule has 0 bridgehead atoms. The highest BCUT2D eigenvalue weighted by molar-refractivity contribution is 5.95. The molecule has 1 heterocycles. The van der Waals surface area contributed by atoms with Crippen LogP contribution in [0.5, 0.6) is 11.5 Å². The third-order valence-electron chi connectivity index (χ3n) is 4.89. The minimum absolute atomic E-state index is 0.00757. The highest BCUT2D eigenvalue weighted by Gasteiger charge is 2.36. The molecule has 2 N–H and O–H groups in total. The van der Waals surface area contributed by atoms with Gasteiger partial charge >= 0.3 is 12.0 Å². The van der Waals surface area contributed by atoms with Crippen molar-refractivity contribution in [3.8, 4) is 11.5 Å². The van der Waals surface area contributed by atoms with Crippen LogP contribution in [-0.2, 0) is 16.1 Å². The van der Waals surface area contributed by atoms with Crippen LogP contribution in [0.2, 0.25) is 0 Å². The molecule has 0 aromatic heterocycles. The average Bonchev–Trinajstić information content (AvgIpc) is 2.73. The number of esters is 1. The number of nitrogens with one attached hydrogen (secondary N) is 1. The first-order chi connectivity index (χ1) is 14.5. The fourth-order valence-electron chi connectivity index (χ4n) is 3.44. The predicted octanol–water partition coefficient (Wildman–Crippen LogP) is 3.89. The van der Waals surface area contributed by atoms with Crippen molar-refractivity contribution in [3.63, 3.8) is 0 Å². The van der Waals surface area contributed by atoms with Crippen molar-refractivity contribution in [3.05, 3.63) is 70.9 Å². The van der Waals surface area contributed by atoms with Gasteiger partial charge in [0, 0.05) is 5.70 Å². The van der Waals surface area contributed by atoms with E-state index < -0.39 is 12.0 Å². The van der Waals surface area contributed by atoms with Crippen molar-refractivity contribution in [2.45, 2.75) is 33.4 Å². The smallest absolute Gasteiger partial charge is 0.338 e. The third-order valence-corrected chi connectivity index (χ3v) is 4.89. The summed E-state index contributed by atoms with van der Waals surface area (Å²) >= 11 is 0. The van der Waals surface area contributed by atoms with Gasteiger partial charge in [-0.05, 0) is 44.0 Å². The van der Waals surface area contributed by atoms with Gasteiger partial charge in [0.25, 0.3) is 0 Å². The fourth-order valence-corrected chi connectivity index (χ4v) is 3.44. The maximum atomic E-state index is 12.9. The second kappa shape index (κ2) is 9.35. The summed E-state index contributed by atoms with van der Waals surface area (Å²) in [7, 11) is 0. The number of hydrogen-bond acceptors (Lipinski definition) is 5. The van der Waals surface area contributed by atoms with Gasteiger partial charge in [-0.25, -0.2) is 9.59 Å². The van der Waals surface area contributed by atoms with Gasteiger partial charge in [0.15, 0.2) is 11.5 Å². The summed E-state index contributed by atoms with van der Waals surface area (Å²) in [6.45, 7) is 6.20. The lowest BCUT2D eigenvalue weighted by atomic mass is 9.94. The van der Waals surface area contributed by atoms with E-state index in [1.54, 1.807) is 26.0 Å². The number of nitrogens with zero attached hydrogens (tertiary/aromatic N) is 1. The van der Waals surface area contributed by atoms with Gasteiger partial charge in [-0.3, -0.25) is 4.90 Å². The van der Waals surface area contributed by atoms with Gasteiger partial charge in [-0.15, -0.1) is 0 Å². The van der Waals surface area contributed by atoms with E-state index in [0.717, 1.165) is 5.56 Å². The van der Waals surface area contributed by atoms with Crippen molar-refractivity contribution in [1.29, 1.82) is 0 Å². The molecule has 1 aliphatic heterocycles. The monoisotopic (exact) mass is 410 g/mol. The predicted molar refractivity (Wildman–Crippen MR) is 112 cm³/mol. The molecular formula is C23H26N2O5. The maximum absolute atomic E-state index is 12.9. The van der Waals surface area contributed by atoms with Crippen LogP contribution in [0.3, 0.4) is 0 Å². The van der Waals surface area contributed by atoms with E-state index in [9.17, 15) is 14.7 Å². The molecule has 7 nitrogen and oxygen atoms in total. The third kappa shape index (κ3) is 4.40. The number of aromatic hydroxyl groups is 1. The van der Waals surface area contributed by atoms with Crippen molar-refractivity contribution in [2.24, 2.45) is 0 Å². The summed E-state index contributed by atoms with van der Waals surface area (Å²) in [6.07, 6.45) is 0. The Hall–Kier alpha value is -3.48. The zero-order valence-corrected chi connectivity index (χ0v) is 17.3. The van der Waals surface area contributed by atoms with Gasteiger partial charge in [-0.2, -0.15) is 0 Å². The Balaban J connectivity index is 2.04. The Bertz CT molecular complexity index is 955. The lowest BCUT2D eigenvalue weighted by Crippen LogP contribution is -2.47. The minimum atomic E-state index is -0.719. The molecule has 0 saturated heterocycles. The molecule has 0 saturated carbocycles. The molecule has 7 heteroatoms. The fraction of sp³-hybridized carbons (Fsp3) is 0.304. The number of phenols is 1. The number of phenolic OH excluding ortho intramolecular Hbond substituents is 1. The maximum Gasteiger partial charge on any atom is 0.338 e. The molecule has 2 amide bonds. The molecule has 1 atom stereocenters. The number of carbonyl (C=O) groups is 2. The van der Waals surface area contributed by atoms with Crippen LogP contribution in [0.1, 0.15) is 37.9 Å². The Labute approximate surface area is 175 Å². The average molecular weight is 410 g/mol. The first-order valence-electron chi connectivity index (χ1n) is 9.91. The number of urea groups is 1. The lowest BCUT2D eigenvalue weighted by molar-refractivity contribution is -0.139. The van der Waals surface area contributed by atoms with Gasteiger partial charge in [0.1, 0.15) is 0 Å². The minimum Gasteiger partial charge on any atom is -0.504 e. The number of allylic oxidation sites excluding steroid dienone is 1. The number of hydrogen-bond donors (Lipinski definition) is 2. The van der Waals surface area contributed by atoms with E-state index in [1.807, 2.05) is 37.3 Å². The number of carbonyl (C=O) groups excluding carboxylic acids is 2. The van der Waals surface area contributed by atoms with Gasteiger partial charge in [0.2, 0.25) is 0 Å². The quantitative estimate of drug-likeness (QED) is 0.676. The van der Waals surface area contributed by atoms with Crippen molar-refractivity contribution >= 4 is 12.0 Å². The summed E-state index contributed by atoms with van der Waals surface area (Å²) in [6, 6.07) is 13.3.